The second kappa shape index (κ2) is 4.70. The molecule has 1 aliphatic rings. The summed E-state index contributed by atoms with van der Waals surface area (Å²) in [6.07, 6.45) is 3.43. The van der Waals surface area contributed by atoms with Crippen LogP contribution in [0.15, 0.2) is 46.1 Å². The van der Waals surface area contributed by atoms with Gasteiger partial charge in [-0.05, 0) is 17.7 Å². The number of benzene rings is 1. The fourth-order valence-electron chi connectivity index (χ4n) is 2.51. The Morgan fingerprint density at radius 2 is 2.05 bits per heavy atom. The second-order valence-corrected chi connectivity index (χ2v) is 5.87. The number of carbonyl (C=O) groups is 1. The summed E-state index contributed by atoms with van der Waals surface area (Å²) in [4.78, 5) is 18.7. The van der Waals surface area contributed by atoms with Gasteiger partial charge in [0.15, 0.2) is 11.5 Å². The van der Waals surface area contributed by atoms with Gasteiger partial charge in [-0.2, -0.15) is 5.10 Å². The monoisotopic (exact) mass is 347 g/mol. The number of rotatable bonds is 2. The first kappa shape index (κ1) is 13.8. The van der Waals surface area contributed by atoms with Gasteiger partial charge in [0.05, 0.1) is 6.20 Å². The molecule has 2 heterocycles. The molecule has 0 aliphatic carbocycles. The van der Waals surface area contributed by atoms with Gasteiger partial charge >= 0.3 is 0 Å². The normalized spacial score (nSPS) is 21.8. The Bertz CT molecular complexity index is 753. The molecule has 6 nitrogen and oxygen atoms in total. The largest absolute Gasteiger partial charge is 0.369 e. The minimum atomic E-state index is -1.17. The molecule has 0 saturated carbocycles. The molecule has 108 valence electrons. The van der Waals surface area contributed by atoms with Crippen molar-refractivity contribution < 1.29 is 4.79 Å². The van der Waals surface area contributed by atoms with Gasteiger partial charge in [0.1, 0.15) is 0 Å². The van der Waals surface area contributed by atoms with Crippen LogP contribution in [0.2, 0.25) is 0 Å². The van der Waals surface area contributed by atoms with Crippen molar-refractivity contribution in [3.63, 3.8) is 0 Å². The summed E-state index contributed by atoms with van der Waals surface area (Å²) in [6, 6.07) is 7.51. The van der Waals surface area contributed by atoms with Crippen LogP contribution in [-0.2, 0) is 17.4 Å². The van der Waals surface area contributed by atoms with Crippen molar-refractivity contribution in [3.8, 4) is 0 Å². The number of halogens is 1. The van der Waals surface area contributed by atoms with Gasteiger partial charge in [-0.1, -0.05) is 28.1 Å². The number of guanidine groups is 1. The van der Waals surface area contributed by atoms with Crippen LogP contribution in [-0.4, -0.2) is 33.6 Å². The lowest BCUT2D eigenvalue weighted by Crippen LogP contribution is -2.41. The minimum absolute atomic E-state index is 0.189. The van der Waals surface area contributed by atoms with Gasteiger partial charge in [-0.25, -0.2) is 4.99 Å². The topological polar surface area (TPSA) is 76.5 Å². The Hall–Kier alpha value is -2.15. The zero-order chi connectivity index (χ0) is 15.2. The first-order valence-corrected chi connectivity index (χ1v) is 7.13. The fraction of sp³-hybridized carbons (Fsp3) is 0.214. The molecule has 1 aliphatic heterocycles. The van der Waals surface area contributed by atoms with Gasteiger partial charge in [0.25, 0.3) is 5.91 Å². The number of nitrogens with zero attached hydrogens (tertiary/aromatic N) is 4. The molecule has 0 fully saturated rings. The molecule has 0 spiro atoms. The quantitative estimate of drug-likeness (QED) is 0.886. The summed E-state index contributed by atoms with van der Waals surface area (Å²) in [6.45, 7) is 0. The Morgan fingerprint density at radius 3 is 2.57 bits per heavy atom. The van der Waals surface area contributed by atoms with E-state index in [2.05, 4.69) is 26.0 Å². The highest BCUT2D eigenvalue weighted by atomic mass is 79.9. The van der Waals surface area contributed by atoms with Crippen LogP contribution in [0.5, 0.6) is 0 Å². The van der Waals surface area contributed by atoms with Crippen LogP contribution in [0.4, 0.5) is 0 Å². The molecule has 3 rings (SSSR count). The van der Waals surface area contributed by atoms with Crippen molar-refractivity contribution in [2.24, 2.45) is 17.8 Å². The highest BCUT2D eigenvalue weighted by molar-refractivity contribution is 9.10. The standard InChI is InChI=1S/C14H14BrN5O/c1-19-8-10(7-17-19)14(9-4-3-5-11(15)6-9)12(21)20(2)13(16)18-14/h3-8H,1-2H3,(H2,16,18). The third-order valence-corrected chi connectivity index (χ3v) is 4.10. The Balaban J connectivity index is 2.29. The summed E-state index contributed by atoms with van der Waals surface area (Å²) >= 11 is 3.44. The minimum Gasteiger partial charge on any atom is -0.369 e. The van der Waals surface area contributed by atoms with Gasteiger partial charge in [0.2, 0.25) is 0 Å². The number of likely N-dealkylation sites (N-methyl/N-ethyl adjacent to an activating group) is 1. The molecule has 0 saturated heterocycles. The number of amides is 1. The third-order valence-electron chi connectivity index (χ3n) is 3.61. The fourth-order valence-corrected chi connectivity index (χ4v) is 2.90. The molecule has 2 N–H and O–H groups in total. The predicted octanol–water partition coefficient (Wildman–Crippen LogP) is 1.21. The number of aromatic nitrogens is 2. The highest BCUT2D eigenvalue weighted by Gasteiger charge is 2.50. The number of nitrogens with two attached hydrogens (primary N) is 1. The number of hydrogen-bond acceptors (Lipinski definition) is 4. The van der Waals surface area contributed by atoms with Crippen molar-refractivity contribution in [3.05, 3.63) is 52.3 Å². The Morgan fingerprint density at radius 1 is 1.29 bits per heavy atom. The summed E-state index contributed by atoms with van der Waals surface area (Å²) in [5, 5.41) is 4.16. The maximum atomic E-state index is 12.8. The highest BCUT2D eigenvalue weighted by Crippen LogP contribution is 2.39. The number of aliphatic imine (C=N–C) groups is 1. The average molecular weight is 348 g/mol. The molecule has 1 atom stereocenters. The molecule has 2 aromatic rings. The lowest BCUT2D eigenvalue weighted by atomic mass is 9.84. The van der Waals surface area contributed by atoms with Crippen molar-refractivity contribution in [1.29, 1.82) is 0 Å². The van der Waals surface area contributed by atoms with Crippen LogP contribution < -0.4 is 5.73 Å². The van der Waals surface area contributed by atoms with E-state index in [1.54, 1.807) is 31.2 Å². The van der Waals surface area contributed by atoms with Crippen molar-refractivity contribution in [2.75, 3.05) is 7.05 Å². The van der Waals surface area contributed by atoms with Crippen LogP contribution in [0.1, 0.15) is 11.1 Å². The SMILES string of the molecule is CN1C(=O)C(c2cccc(Br)c2)(c2cnn(C)c2)N=C1N. The first-order valence-electron chi connectivity index (χ1n) is 6.34. The molecular formula is C14H14BrN5O. The smallest absolute Gasteiger partial charge is 0.266 e. The number of carbonyl (C=O) groups excluding carboxylic acids is 1. The molecule has 1 unspecified atom stereocenters. The van der Waals surface area contributed by atoms with Gasteiger partial charge in [-0.15, -0.1) is 0 Å². The summed E-state index contributed by atoms with van der Waals surface area (Å²) in [5.74, 6) is 0.00919. The molecule has 7 heteroatoms. The summed E-state index contributed by atoms with van der Waals surface area (Å²) < 4.78 is 2.52. The van der Waals surface area contributed by atoms with Gasteiger partial charge < -0.3 is 5.73 Å². The van der Waals surface area contributed by atoms with E-state index in [9.17, 15) is 4.79 Å². The van der Waals surface area contributed by atoms with E-state index in [0.717, 1.165) is 10.0 Å². The maximum Gasteiger partial charge on any atom is 0.266 e. The second-order valence-electron chi connectivity index (χ2n) is 4.96. The molecule has 0 bridgehead atoms. The molecule has 21 heavy (non-hydrogen) atoms. The van der Waals surface area contributed by atoms with E-state index in [-0.39, 0.29) is 11.9 Å². The molecular weight excluding hydrogens is 334 g/mol. The number of aryl methyl sites for hydroxylation is 1. The van der Waals surface area contributed by atoms with E-state index < -0.39 is 5.54 Å². The van der Waals surface area contributed by atoms with Crippen LogP contribution in [0, 0.1) is 0 Å². The summed E-state index contributed by atoms with van der Waals surface area (Å²) in [7, 11) is 3.42. The molecule has 1 amide bonds. The zero-order valence-electron chi connectivity index (χ0n) is 11.6. The van der Waals surface area contributed by atoms with Crippen LogP contribution in [0.25, 0.3) is 0 Å². The third kappa shape index (κ3) is 1.96. The van der Waals surface area contributed by atoms with Gasteiger partial charge in [-0.3, -0.25) is 14.4 Å². The van der Waals surface area contributed by atoms with Gasteiger partial charge in [0, 0.05) is 30.3 Å². The van der Waals surface area contributed by atoms with Crippen molar-refractivity contribution in [1.82, 2.24) is 14.7 Å². The zero-order valence-corrected chi connectivity index (χ0v) is 13.2. The van der Waals surface area contributed by atoms with Crippen molar-refractivity contribution >= 4 is 27.8 Å². The van der Waals surface area contributed by atoms with E-state index in [1.165, 1.54) is 4.90 Å². The Kier molecular flexibility index (Phi) is 3.09. The van der Waals surface area contributed by atoms with E-state index >= 15 is 0 Å². The molecule has 1 aromatic carbocycles. The van der Waals surface area contributed by atoms with E-state index in [4.69, 9.17) is 5.73 Å². The van der Waals surface area contributed by atoms with Crippen molar-refractivity contribution in [2.45, 2.75) is 5.54 Å². The summed E-state index contributed by atoms with van der Waals surface area (Å²) in [5.41, 5.74) is 6.16. The lowest BCUT2D eigenvalue weighted by Gasteiger charge is -2.24. The predicted molar refractivity (Wildman–Crippen MR) is 82.5 cm³/mol. The Labute approximate surface area is 130 Å². The molecule has 1 aromatic heterocycles. The number of hydrogen-bond donors (Lipinski definition) is 1. The first-order chi connectivity index (χ1) is 9.95. The van der Waals surface area contributed by atoms with E-state index in [1.807, 2.05) is 24.3 Å². The van der Waals surface area contributed by atoms with Crippen LogP contribution >= 0.6 is 15.9 Å². The lowest BCUT2D eigenvalue weighted by molar-refractivity contribution is -0.129. The van der Waals surface area contributed by atoms with Crippen LogP contribution in [0.3, 0.4) is 0 Å². The maximum absolute atomic E-state index is 12.8. The molecule has 0 radical (unpaired) electrons. The van der Waals surface area contributed by atoms with E-state index in [0.29, 0.717) is 5.56 Å². The average Bonchev–Trinajstić information content (AvgIpc) is 2.97.